The van der Waals surface area contributed by atoms with Crippen LogP contribution in [0.2, 0.25) is 0 Å². The summed E-state index contributed by atoms with van der Waals surface area (Å²) in [7, 11) is 0. The number of aliphatic hydroxyl groups excluding tert-OH is 1. The average molecular weight is 325 g/mol. The Morgan fingerprint density at radius 3 is 2.62 bits per heavy atom. The molecule has 1 aliphatic rings. The second-order valence-electron chi connectivity index (χ2n) is 6.20. The van der Waals surface area contributed by atoms with E-state index in [9.17, 15) is 9.90 Å². The van der Waals surface area contributed by atoms with E-state index in [1.165, 1.54) is 0 Å². The maximum Gasteiger partial charge on any atom is 0.258 e. The van der Waals surface area contributed by atoms with Crippen molar-refractivity contribution in [3.05, 3.63) is 64.7 Å². The number of fused-ring (bicyclic) bond motifs is 1. The molecule has 0 spiro atoms. The third kappa shape index (κ3) is 3.21. The molecule has 1 amide bonds. The molecule has 1 aliphatic heterocycles. The Hall–Kier alpha value is -2.17. The lowest BCUT2D eigenvalue weighted by Crippen LogP contribution is -2.23. The van der Waals surface area contributed by atoms with Crippen molar-refractivity contribution < 1.29 is 14.6 Å². The van der Waals surface area contributed by atoms with Gasteiger partial charge in [0.15, 0.2) is 0 Å². The van der Waals surface area contributed by atoms with E-state index in [2.05, 4.69) is 0 Å². The van der Waals surface area contributed by atoms with Gasteiger partial charge in [0, 0.05) is 30.4 Å². The molecule has 0 aromatic heterocycles. The van der Waals surface area contributed by atoms with Crippen LogP contribution in [-0.2, 0) is 17.9 Å². The molecule has 3 rings (SSSR count). The van der Waals surface area contributed by atoms with E-state index in [1.807, 2.05) is 56.3 Å². The molecule has 0 fully saturated rings. The van der Waals surface area contributed by atoms with E-state index in [4.69, 9.17) is 4.74 Å². The molecule has 0 bridgehead atoms. The number of anilines is 1. The van der Waals surface area contributed by atoms with Gasteiger partial charge in [0.25, 0.3) is 5.91 Å². The number of hydrogen-bond acceptors (Lipinski definition) is 3. The van der Waals surface area contributed by atoms with E-state index >= 15 is 0 Å². The van der Waals surface area contributed by atoms with Crippen LogP contribution >= 0.6 is 0 Å². The zero-order valence-electron chi connectivity index (χ0n) is 14.2. The van der Waals surface area contributed by atoms with Crippen LogP contribution in [-0.4, -0.2) is 24.2 Å². The highest BCUT2D eigenvalue weighted by Crippen LogP contribution is 2.30. The topological polar surface area (TPSA) is 49.8 Å². The van der Waals surface area contributed by atoms with Crippen molar-refractivity contribution in [2.45, 2.75) is 32.9 Å². The first-order chi connectivity index (χ1) is 11.6. The molecule has 4 nitrogen and oxygen atoms in total. The van der Waals surface area contributed by atoms with Gasteiger partial charge in [0.05, 0.1) is 13.2 Å². The van der Waals surface area contributed by atoms with Gasteiger partial charge < -0.3 is 14.7 Å². The number of carbonyl (C=O) groups excluding carboxylic acids is 1. The van der Waals surface area contributed by atoms with Crippen molar-refractivity contribution in [2.24, 2.45) is 0 Å². The summed E-state index contributed by atoms with van der Waals surface area (Å²) >= 11 is 0. The van der Waals surface area contributed by atoms with Crippen LogP contribution in [0.25, 0.3) is 0 Å². The predicted molar refractivity (Wildman–Crippen MR) is 94.2 cm³/mol. The summed E-state index contributed by atoms with van der Waals surface area (Å²) in [6, 6.07) is 13.8. The standard InChI is InChI=1S/C20H23NO3/c1-3-24-13-15-4-5-17-11-21(20(23)19(17)10-15)18-8-6-16(7-9-18)14(2)12-22/h4-10,14,22H,3,11-13H2,1-2H3. The molecule has 126 valence electrons. The fourth-order valence-corrected chi connectivity index (χ4v) is 2.95. The summed E-state index contributed by atoms with van der Waals surface area (Å²) in [5, 5.41) is 9.24. The number of aliphatic hydroxyl groups is 1. The third-order valence-electron chi connectivity index (χ3n) is 4.50. The summed E-state index contributed by atoms with van der Waals surface area (Å²) in [4.78, 5) is 14.5. The van der Waals surface area contributed by atoms with Crippen molar-refractivity contribution in [3.8, 4) is 0 Å². The van der Waals surface area contributed by atoms with Crippen LogP contribution in [0.3, 0.4) is 0 Å². The fraction of sp³-hybridized carbons (Fsp3) is 0.350. The fourth-order valence-electron chi connectivity index (χ4n) is 2.95. The van der Waals surface area contributed by atoms with Gasteiger partial charge in [-0.25, -0.2) is 0 Å². The maximum absolute atomic E-state index is 12.7. The number of nitrogens with zero attached hydrogens (tertiary/aromatic N) is 1. The molecular formula is C20H23NO3. The highest BCUT2D eigenvalue weighted by molar-refractivity contribution is 6.10. The summed E-state index contributed by atoms with van der Waals surface area (Å²) in [5.74, 6) is 0.137. The van der Waals surface area contributed by atoms with Crippen molar-refractivity contribution in [1.82, 2.24) is 0 Å². The lowest BCUT2D eigenvalue weighted by Gasteiger charge is -2.17. The minimum atomic E-state index is 0.0336. The smallest absolute Gasteiger partial charge is 0.258 e. The quantitative estimate of drug-likeness (QED) is 0.884. The van der Waals surface area contributed by atoms with E-state index in [0.29, 0.717) is 19.8 Å². The van der Waals surface area contributed by atoms with Crippen LogP contribution in [0.4, 0.5) is 5.69 Å². The lowest BCUT2D eigenvalue weighted by molar-refractivity contribution is 0.0996. The SMILES string of the molecule is CCOCc1ccc2c(c1)C(=O)N(c1ccc(C(C)CO)cc1)C2. The zero-order chi connectivity index (χ0) is 17.1. The number of benzene rings is 2. The monoisotopic (exact) mass is 325 g/mol. The average Bonchev–Trinajstić information content (AvgIpc) is 2.96. The van der Waals surface area contributed by atoms with Crippen molar-refractivity contribution in [2.75, 3.05) is 18.1 Å². The van der Waals surface area contributed by atoms with Gasteiger partial charge in [-0.2, -0.15) is 0 Å². The first kappa shape index (κ1) is 16.7. The molecule has 0 saturated heterocycles. The third-order valence-corrected chi connectivity index (χ3v) is 4.50. The molecule has 0 radical (unpaired) electrons. The molecule has 24 heavy (non-hydrogen) atoms. The largest absolute Gasteiger partial charge is 0.396 e. The molecule has 0 aliphatic carbocycles. The first-order valence-electron chi connectivity index (χ1n) is 8.36. The molecular weight excluding hydrogens is 302 g/mol. The molecule has 1 atom stereocenters. The van der Waals surface area contributed by atoms with Crippen molar-refractivity contribution in [1.29, 1.82) is 0 Å². The van der Waals surface area contributed by atoms with E-state index < -0.39 is 0 Å². The van der Waals surface area contributed by atoms with Gasteiger partial charge in [-0.05, 0) is 41.8 Å². The van der Waals surface area contributed by atoms with Crippen molar-refractivity contribution in [3.63, 3.8) is 0 Å². The summed E-state index contributed by atoms with van der Waals surface area (Å²) < 4.78 is 5.43. The molecule has 4 heteroatoms. The Kier molecular flexibility index (Phi) is 4.97. The van der Waals surface area contributed by atoms with E-state index in [-0.39, 0.29) is 18.4 Å². The summed E-state index contributed by atoms with van der Waals surface area (Å²) in [5.41, 5.74) is 4.80. The predicted octanol–water partition coefficient (Wildman–Crippen LogP) is 3.48. The second-order valence-corrected chi connectivity index (χ2v) is 6.20. The number of carbonyl (C=O) groups is 1. The van der Waals surface area contributed by atoms with Crippen LogP contribution in [0.1, 0.15) is 46.8 Å². The minimum absolute atomic E-state index is 0.0336. The number of hydrogen-bond donors (Lipinski definition) is 1. The molecule has 1 heterocycles. The Labute approximate surface area is 142 Å². The van der Waals surface area contributed by atoms with Gasteiger partial charge in [0.1, 0.15) is 0 Å². The minimum Gasteiger partial charge on any atom is -0.396 e. The van der Waals surface area contributed by atoms with Crippen LogP contribution in [0, 0.1) is 0 Å². The van der Waals surface area contributed by atoms with Gasteiger partial charge in [-0.15, -0.1) is 0 Å². The number of ether oxygens (including phenoxy) is 1. The lowest BCUT2D eigenvalue weighted by atomic mass is 10.0. The molecule has 0 saturated carbocycles. The summed E-state index contributed by atoms with van der Waals surface area (Å²) in [6.45, 7) is 5.85. The number of rotatable bonds is 6. The molecule has 1 N–H and O–H groups in total. The van der Waals surface area contributed by atoms with Crippen molar-refractivity contribution >= 4 is 11.6 Å². The molecule has 1 unspecified atom stereocenters. The maximum atomic E-state index is 12.7. The zero-order valence-corrected chi connectivity index (χ0v) is 14.2. The van der Waals surface area contributed by atoms with Crippen LogP contribution < -0.4 is 4.90 Å². The Morgan fingerprint density at radius 2 is 1.96 bits per heavy atom. The number of amides is 1. The summed E-state index contributed by atoms with van der Waals surface area (Å²) in [6.07, 6.45) is 0. The van der Waals surface area contributed by atoms with Crippen LogP contribution in [0.15, 0.2) is 42.5 Å². The highest BCUT2D eigenvalue weighted by Gasteiger charge is 2.28. The van der Waals surface area contributed by atoms with Crippen LogP contribution in [0.5, 0.6) is 0 Å². The van der Waals surface area contributed by atoms with Gasteiger partial charge in [0.2, 0.25) is 0 Å². The second kappa shape index (κ2) is 7.16. The van der Waals surface area contributed by atoms with Gasteiger partial charge >= 0.3 is 0 Å². The molecule has 2 aromatic carbocycles. The van der Waals surface area contributed by atoms with E-state index in [0.717, 1.165) is 27.9 Å². The Bertz CT molecular complexity index is 724. The molecule has 2 aromatic rings. The Morgan fingerprint density at radius 1 is 1.21 bits per heavy atom. The van der Waals surface area contributed by atoms with Gasteiger partial charge in [-0.1, -0.05) is 31.2 Å². The van der Waals surface area contributed by atoms with Gasteiger partial charge in [-0.3, -0.25) is 4.79 Å². The normalized spacial score (nSPS) is 14.8. The Balaban J connectivity index is 1.80. The van der Waals surface area contributed by atoms with E-state index in [1.54, 1.807) is 4.90 Å². The first-order valence-corrected chi connectivity index (χ1v) is 8.36. The highest BCUT2D eigenvalue weighted by atomic mass is 16.5.